The zero-order valence-electron chi connectivity index (χ0n) is 16.8. The van der Waals surface area contributed by atoms with Gasteiger partial charge in [-0.3, -0.25) is 4.79 Å². The maximum atomic E-state index is 12.3. The predicted molar refractivity (Wildman–Crippen MR) is 101 cm³/mol. The van der Waals surface area contributed by atoms with Crippen molar-refractivity contribution < 1.29 is 14.3 Å². The van der Waals surface area contributed by atoms with Crippen molar-refractivity contribution in [3.63, 3.8) is 0 Å². The molecule has 0 aliphatic heterocycles. The highest BCUT2D eigenvalue weighted by atomic mass is 16.5. The molecule has 3 heteroatoms. The highest BCUT2D eigenvalue weighted by molar-refractivity contribution is 5.83. The molecule has 142 valence electrons. The van der Waals surface area contributed by atoms with Gasteiger partial charge in [0.15, 0.2) is 0 Å². The Morgan fingerprint density at radius 1 is 1.32 bits per heavy atom. The number of ketones is 1. The Hall–Kier alpha value is -0.850. The van der Waals surface area contributed by atoms with E-state index in [0.29, 0.717) is 36.8 Å². The summed E-state index contributed by atoms with van der Waals surface area (Å²) in [5, 5.41) is 0. The Morgan fingerprint density at radius 3 is 2.80 bits per heavy atom. The van der Waals surface area contributed by atoms with Crippen molar-refractivity contribution in [3.05, 3.63) is 0 Å². The number of ether oxygens (including phenoxy) is 2. The summed E-state index contributed by atoms with van der Waals surface area (Å²) in [6.45, 7) is 12.6. The summed E-state index contributed by atoms with van der Waals surface area (Å²) in [7, 11) is 0. The van der Waals surface area contributed by atoms with Crippen molar-refractivity contribution in [1.82, 2.24) is 0 Å². The van der Waals surface area contributed by atoms with Gasteiger partial charge in [-0.2, -0.15) is 0 Å². The fourth-order valence-corrected chi connectivity index (χ4v) is 5.01. The number of hydrogen-bond donors (Lipinski definition) is 0. The predicted octanol–water partition coefficient (Wildman–Crippen LogP) is 4.63. The second-order valence-electron chi connectivity index (χ2n) is 8.60. The van der Waals surface area contributed by atoms with Gasteiger partial charge in [0, 0.05) is 25.4 Å². The van der Waals surface area contributed by atoms with Crippen LogP contribution in [-0.2, 0) is 14.3 Å². The molecule has 0 heterocycles. The number of hydrogen-bond acceptors (Lipinski definition) is 3. The van der Waals surface area contributed by atoms with Crippen LogP contribution in [0.3, 0.4) is 0 Å². The van der Waals surface area contributed by atoms with Crippen LogP contribution in [0.15, 0.2) is 0 Å². The molecular weight excluding hydrogens is 312 g/mol. The molecule has 0 aromatic carbocycles. The van der Waals surface area contributed by atoms with Gasteiger partial charge in [-0.05, 0) is 63.7 Å². The molecule has 0 radical (unpaired) electrons. The fourth-order valence-electron chi connectivity index (χ4n) is 5.01. The van der Waals surface area contributed by atoms with Crippen molar-refractivity contribution in [2.24, 2.45) is 23.2 Å². The standard InChI is InChI=1S/C22H36O3/c1-6-24-15-16-25-21(3,4)13-7-9-17(2)18-11-12-19-20(23)10-8-14-22(18,19)5/h17-19H,6,8-12,14-16H2,1-5H3/t17-,18-,19+,22-/m1/s1. The Morgan fingerprint density at radius 2 is 2.08 bits per heavy atom. The van der Waals surface area contributed by atoms with Gasteiger partial charge in [0.1, 0.15) is 11.4 Å². The minimum absolute atomic E-state index is 0.208. The van der Waals surface area contributed by atoms with Crippen LogP contribution in [-0.4, -0.2) is 31.2 Å². The summed E-state index contributed by atoms with van der Waals surface area (Å²) >= 11 is 0. The van der Waals surface area contributed by atoms with Gasteiger partial charge in [-0.15, -0.1) is 0 Å². The van der Waals surface area contributed by atoms with Crippen LogP contribution < -0.4 is 0 Å². The van der Waals surface area contributed by atoms with E-state index in [4.69, 9.17) is 9.47 Å². The van der Waals surface area contributed by atoms with Crippen molar-refractivity contribution in [2.45, 2.75) is 78.7 Å². The van der Waals surface area contributed by atoms with E-state index in [-0.39, 0.29) is 5.41 Å². The van der Waals surface area contributed by atoms with E-state index in [1.165, 1.54) is 12.8 Å². The number of rotatable bonds is 7. The molecule has 0 spiro atoms. The maximum absolute atomic E-state index is 12.3. The topological polar surface area (TPSA) is 35.5 Å². The molecule has 4 atom stereocenters. The fraction of sp³-hybridized carbons (Fsp3) is 0.864. The first-order valence-electron chi connectivity index (χ1n) is 10.0. The molecule has 2 saturated carbocycles. The van der Waals surface area contributed by atoms with E-state index in [2.05, 4.69) is 25.7 Å². The maximum Gasteiger partial charge on any atom is 0.136 e. The summed E-state index contributed by atoms with van der Waals surface area (Å²) in [5.74, 6) is 8.63. The monoisotopic (exact) mass is 348 g/mol. The van der Waals surface area contributed by atoms with Crippen LogP contribution in [0.25, 0.3) is 0 Å². The molecule has 0 aromatic rings. The number of fused-ring (bicyclic) bond motifs is 1. The minimum Gasteiger partial charge on any atom is -0.379 e. The van der Waals surface area contributed by atoms with Gasteiger partial charge in [0.2, 0.25) is 0 Å². The average molecular weight is 349 g/mol. The van der Waals surface area contributed by atoms with Gasteiger partial charge in [-0.1, -0.05) is 25.7 Å². The van der Waals surface area contributed by atoms with E-state index in [9.17, 15) is 4.79 Å². The molecule has 2 fully saturated rings. The van der Waals surface area contributed by atoms with Gasteiger partial charge in [-0.25, -0.2) is 0 Å². The molecular formula is C22H36O3. The molecule has 0 saturated heterocycles. The zero-order chi connectivity index (χ0) is 18.5. The normalized spacial score (nSPS) is 30.5. The zero-order valence-corrected chi connectivity index (χ0v) is 16.8. The molecule has 2 aliphatic rings. The van der Waals surface area contributed by atoms with E-state index >= 15 is 0 Å². The molecule has 0 bridgehead atoms. The summed E-state index contributed by atoms with van der Waals surface area (Å²) in [6.07, 6.45) is 6.24. The third kappa shape index (κ3) is 5.08. The minimum atomic E-state index is -0.431. The lowest BCUT2D eigenvalue weighted by atomic mass is 9.62. The highest BCUT2D eigenvalue weighted by Crippen LogP contribution is 2.56. The van der Waals surface area contributed by atoms with E-state index in [0.717, 1.165) is 32.3 Å². The Labute approximate surface area is 154 Å². The smallest absolute Gasteiger partial charge is 0.136 e. The first-order valence-corrected chi connectivity index (χ1v) is 10.0. The summed E-state index contributed by atoms with van der Waals surface area (Å²) in [6, 6.07) is 0. The van der Waals surface area contributed by atoms with Crippen molar-refractivity contribution >= 4 is 5.78 Å². The Kier molecular flexibility index (Phi) is 7.11. The second-order valence-corrected chi connectivity index (χ2v) is 8.60. The number of Topliss-reactive ketones (excluding diaryl/α,β-unsaturated/α-hetero) is 1. The van der Waals surface area contributed by atoms with E-state index < -0.39 is 5.60 Å². The van der Waals surface area contributed by atoms with Crippen LogP contribution in [0, 0.1) is 35.0 Å². The first-order chi connectivity index (χ1) is 11.8. The summed E-state index contributed by atoms with van der Waals surface area (Å²) in [5.41, 5.74) is -0.223. The van der Waals surface area contributed by atoms with Crippen LogP contribution in [0.4, 0.5) is 0 Å². The average Bonchev–Trinajstić information content (AvgIpc) is 2.90. The van der Waals surface area contributed by atoms with Crippen molar-refractivity contribution in [1.29, 1.82) is 0 Å². The third-order valence-electron chi connectivity index (χ3n) is 6.33. The molecule has 0 N–H and O–H groups in total. The SMILES string of the molecule is CCOCCOC(C)(C)C#CC[C@@H](C)[C@H]1CC[C@H]2C(=O)CCC[C@]12C. The Bertz CT molecular complexity index is 513. The van der Waals surface area contributed by atoms with Gasteiger partial charge < -0.3 is 9.47 Å². The van der Waals surface area contributed by atoms with E-state index in [1.54, 1.807) is 0 Å². The van der Waals surface area contributed by atoms with E-state index in [1.807, 2.05) is 20.8 Å². The Balaban J connectivity index is 1.88. The van der Waals surface area contributed by atoms with Gasteiger partial charge in [0.25, 0.3) is 0 Å². The van der Waals surface area contributed by atoms with Crippen LogP contribution in [0.5, 0.6) is 0 Å². The molecule has 2 aliphatic carbocycles. The third-order valence-corrected chi connectivity index (χ3v) is 6.33. The van der Waals surface area contributed by atoms with Gasteiger partial charge >= 0.3 is 0 Å². The number of carbonyl (C=O) groups is 1. The largest absolute Gasteiger partial charge is 0.379 e. The number of carbonyl (C=O) groups excluding carboxylic acids is 1. The molecule has 0 amide bonds. The first kappa shape index (κ1) is 20.5. The molecule has 0 aromatic heterocycles. The molecule has 2 rings (SSSR count). The van der Waals surface area contributed by atoms with Crippen LogP contribution >= 0.6 is 0 Å². The summed E-state index contributed by atoms with van der Waals surface area (Å²) in [4.78, 5) is 12.3. The molecule has 0 unspecified atom stereocenters. The summed E-state index contributed by atoms with van der Waals surface area (Å²) < 4.78 is 11.1. The van der Waals surface area contributed by atoms with Crippen molar-refractivity contribution in [2.75, 3.05) is 19.8 Å². The van der Waals surface area contributed by atoms with Crippen molar-refractivity contribution in [3.8, 4) is 11.8 Å². The quantitative estimate of drug-likeness (QED) is 0.497. The lowest BCUT2D eigenvalue weighted by Crippen LogP contribution is -2.39. The lowest BCUT2D eigenvalue weighted by molar-refractivity contribution is -0.130. The van der Waals surface area contributed by atoms with Gasteiger partial charge in [0.05, 0.1) is 13.2 Å². The highest BCUT2D eigenvalue weighted by Gasteiger charge is 2.52. The lowest BCUT2D eigenvalue weighted by Gasteiger charge is -2.42. The van der Waals surface area contributed by atoms with Crippen LogP contribution in [0.2, 0.25) is 0 Å². The second kappa shape index (κ2) is 8.69. The molecule has 3 nitrogen and oxygen atoms in total. The van der Waals surface area contributed by atoms with Crippen LogP contribution in [0.1, 0.15) is 73.1 Å². The molecule has 25 heavy (non-hydrogen) atoms.